The molecule has 2 aromatic rings. The summed E-state index contributed by atoms with van der Waals surface area (Å²) < 4.78 is 2.24. The normalized spacial score (nSPS) is 14.9. The van der Waals surface area contributed by atoms with Crippen LogP contribution in [0.25, 0.3) is 0 Å². The lowest BCUT2D eigenvalue weighted by Crippen LogP contribution is -2.06. The van der Waals surface area contributed by atoms with Crippen molar-refractivity contribution in [1.29, 1.82) is 0 Å². The third kappa shape index (κ3) is 2.52. The molecule has 4 heteroatoms. The highest BCUT2D eigenvalue weighted by Gasteiger charge is 2.28. The average molecular weight is 276 g/mol. The molecule has 3 rings (SSSR count). The molecule has 1 aliphatic carbocycles. The molecule has 0 amide bonds. The second-order valence-corrected chi connectivity index (χ2v) is 5.63. The molecule has 100 valence electrons. The van der Waals surface area contributed by atoms with Gasteiger partial charge in [-0.2, -0.15) is 0 Å². The van der Waals surface area contributed by atoms with E-state index in [2.05, 4.69) is 46.8 Å². The topological polar surface area (TPSA) is 30.7 Å². The van der Waals surface area contributed by atoms with Crippen molar-refractivity contribution in [1.82, 2.24) is 14.8 Å². The minimum atomic E-state index is 0.441. The number of hydrogen-bond donors (Lipinski definition) is 0. The van der Waals surface area contributed by atoms with Crippen LogP contribution in [0.15, 0.2) is 18.2 Å². The zero-order chi connectivity index (χ0) is 13.4. The van der Waals surface area contributed by atoms with Gasteiger partial charge in [-0.3, -0.25) is 0 Å². The zero-order valence-electron chi connectivity index (χ0n) is 11.4. The number of nitrogens with zero attached hydrogens (tertiary/aromatic N) is 3. The molecule has 0 aliphatic heterocycles. The summed E-state index contributed by atoms with van der Waals surface area (Å²) in [7, 11) is 0. The van der Waals surface area contributed by atoms with Gasteiger partial charge in [0.05, 0.1) is 5.88 Å². The maximum absolute atomic E-state index is 5.94. The Morgan fingerprint density at radius 3 is 2.53 bits per heavy atom. The highest BCUT2D eigenvalue weighted by atomic mass is 35.5. The first-order valence-corrected chi connectivity index (χ1v) is 7.27. The van der Waals surface area contributed by atoms with Crippen molar-refractivity contribution in [2.24, 2.45) is 0 Å². The highest BCUT2D eigenvalue weighted by Crippen LogP contribution is 2.37. The standard InChI is InChI=1S/C15H18ClN3/c1-10-3-4-12(7-11(10)2)8-14-17-18-15(9-16)19(14)13-5-6-13/h3-4,7,13H,5-6,8-9H2,1-2H3. The van der Waals surface area contributed by atoms with Crippen molar-refractivity contribution in [2.45, 2.75) is 45.0 Å². The van der Waals surface area contributed by atoms with Gasteiger partial charge in [0.15, 0.2) is 0 Å². The molecule has 1 saturated carbocycles. The molecule has 0 radical (unpaired) electrons. The third-order valence-electron chi connectivity index (χ3n) is 3.80. The van der Waals surface area contributed by atoms with E-state index in [1.54, 1.807) is 0 Å². The predicted molar refractivity (Wildman–Crippen MR) is 76.6 cm³/mol. The molecule has 1 aromatic heterocycles. The van der Waals surface area contributed by atoms with Crippen LogP contribution in [-0.2, 0) is 12.3 Å². The van der Waals surface area contributed by atoms with Gasteiger partial charge in [-0.05, 0) is 43.4 Å². The maximum Gasteiger partial charge on any atom is 0.148 e. The Morgan fingerprint density at radius 2 is 1.89 bits per heavy atom. The van der Waals surface area contributed by atoms with Crippen LogP contribution < -0.4 is 0 Å². The number of benzene rings is 1. The van der Waals surface area contributed by atoms with Crippen molar-refractivity contribution < 1.29 is 0 Å². The molecule has 19 heavy (non-hydrogen) atoms. The predicted octanol–water partition coefficient (Wildman–Crippen LogP) is 3.56. The van der Waals surface area contributed by atoms with E-state index in [1.807, 2.05) is 0 Å². The average Bonchev–Trinajstić information content (AvgIpc) is 3.16. The van der Waals surface area contributed by atoms with Crippen molar-refractivity contribution in [3.8, 4) is 0 Å². The number of aromatic nitrogens is 3. The Balaban J connectivity index is 1.90. The second-order valence-electron chi connectivity index (χ2n) is 5.36. The van der Waals surface area contributed by atoms with Crippen molar-refractivity contribution >= 4 is 11.6 Å². The molecule has 0 bridgehead atoms. The first-order chi connectivity index (χ1) is 9.19. The largest absolute Gasteiger partial charge is 0.311 e. The van der Waals surface area contributed by atoms with Crippen LogP contribution in [0.1, 0.15) is 47.2 Å². The summed E-state index contributed by atoms with van der Waals surface area (Å²) in [5.74, 6) is 2.39. The van der Waals surface area contributed by atoms with Crippen LogP contribution in [0.3, 0.4) is 0 Å². The lowest BCUT2D eigenvalue weighted by Gasteiger charge is -2.09. The van der Waals surface area contributed by atoms with E-state index in [0.29, 0.717) is 11.9 Å². The van der Waals surface area contributed by atoms with E-state index in [0.717, 1.165) is 18.1 Å². The molecule has 0 atom stereocenters. The zero-order valence-corrected chi connectivity index (χ0v) is 12.1. The second kappa shape index (κ2) is 4.97. The summed E-state index contributed by atoms with van der Waals surface area (Å²) in [6.45, 7) is 4.28. The van der Waals surface area contributed by atoms with E-state index in [9.17, 15) is 0 Å². The fourth-order valence-electron chi connectivity index (χ4n) is 2.42. The Kier molecular flexibility index (Phi) is 3.31. The van der Waals surface area contributed by atoms with E-state index < -0.39 is 0 Å². The summed E-state index contributed by atoms with van der Waals surface area (Å²) in [5, 5.41) is 8.54. The fraction of sp³-hybridized carbons (Fsp3) is 0.467. The third-order valence-corrected chi connectivity index (χ3v) is 4.04. The van der Waals surface area contributed by atoms with E-state index >= 15 is 0 Å². The fourth-order valence-corrected chi connectivity index (χ4v) is 2.60. The quantitative estimate of drug-likeness (QED) is 0.799. The molecule has 0 N–H and O–H groups in total. The lowest BCUT2D eigenvalue weighted by molar-refractivity contribution is 0.669. The van der Waals surface area contributed by atoms with Gasteiger partial charge in [0.2, 0.25) is 0 Å². The minimum Gasteiger partial charge on any atom is -0.311 e. The minimum absolute atomic E-state index is 0.441. The van der Waals surface area contributed by atoms with E-state index in [4.69, 9.17) is 11.6 Å². The highest BCUT2D eigenvalue weighted by molar-refractivity contribution is 6.16. The Labute approximate surface area is 118 Å². The lowest BCUT2D eigenvalue weighted by atomic mass is 10.0. The summed E-state index contributed by atoms with van der Waals surface area (Å²) in [6.07, 6.45) is 3.28. The van der Waals surface area contributed by atoms with Gasteiger partial charge in [-0.25, -0.2) is 0 Å². The summed E-state index contributed by atoms with van der Waals surface area (Å²) >= 11 is 5.94. The van der Waals surface area contributed by atoms with Gasteiger partial charge < -0.3 is 4.57 Å². The molecule has 1 heterocycles. The Bertz CT molecular complexity index is 599. The molecule has 0 saturated heterocycles. The number of hydrogen-bond acceptors (Lipinski definition) is 2. The molecule has 0 unspecified atom stereocenters. The van der Waals surface area contributed by atoms with Crippen LogP contribution in [0, 0.1) is 13.8 Å². The molecular weight excluding hydrogens is 258 g/mol. The smallest absolute Gasteiger partial charge is 0.148 e. The van der Waals surface area contributed by atoms with Gasteiger partial charge >= 0.3 is 0 Å². The monoisotopic (exact) mass is 275 g/mol. The molecule has 1 aliphatic rings. The SMILES string of the molecule is Cc1ccc(Cc2nnc(CCl)n2C2CC2)cc1C. The van der Waals surface area contributed by atoms with Crippen LogP contribution in [-0.4, -0.2) is 14.8 Å². The van der Waals surface area contributed by atoms with Gasteiger partial charge in [0.1, 0.15) is 11.6 Å². The number of rotatable bonds is 4. The molecule has 1 aromatic carbocycles. The van der Waals surface area contributed by atoms with E-state index in [-0.39, 0.29) is 0 Å². The number of halogens is 1. The molecule has 3 nitrogen and oxygen atoms in total. The first kappa shape index (κ1) is 12.7. The number of alkyl halides is 1. The van der Waals surface area contributed by atoms with Crippen molar-refractivity contribution in [3.05, 3.63) is 46.5 Å². The molecule has 1 fully saturated rings. The Hall–Kier alpha value is -1.35. The van der Waals surface area contributed by atoms with Gasteiger partial charge in [0, 0.05) is 12.5 Å². The van der Waals surface area contributed by atoms with Crippen molar-refractivity contribution in [3.63, 3.8) is 0 Å². The first-order valence-electron chi connectivity index (χ1n) is 6.74. The molecular formula is C15H18ClN3. The van der Waals surface area contributed by atoms with Gasteiger partial charge in [0.25, 0.3) is 0 Å². The molecule has 0 spiro atoms. The van der Waals surface area contributed by atoms with Crippen LogP contribution >= 0.6 is 11.6 Å². The number of aryl methyl sites for hydroxylation is 2. The van der Waals surface area contributed by atoms with E-state index in [1.165, 1.54) is 29.5 Å². The van der Waals surface area contributed by atoms with Gasteiger partial charge in [-0.1, -0.05) is 18.2 Å². The van der Waals surface area contributed by atoms with Crippen LogP contribution in [0.5, 0.6) is 0 Å². The summed E-state index contributed by atoms with van der Waals surface area (Å²) in [4.78, 5) is 0. The maximum atomic E-state index is 5.94. The van der Waals surface area contributed by atoms with Crippen LogP contribution in [0.2, 0.25) is 0 Å². The summed E-state index contributed by atoms with van der Waals surface area (Å²) in [6, 6.07) is 7.16. The Morgan fingerprint density at radius 1 is 1.16 bits per heavy atom. The van der Waals surface area contributed by atoms with Crippen molar-refractivity contribution in [2.75, 3.05) is 0 Å². The van der Waals surface area contributed by atoms with Gasteiger partial charge in [-0.15, -0.1) is 21.8 Å². The van der Waals surface area contributed by atoms with Crippen LogP contribution in [0.4, 0.5) is 0 Å². The summed E-state index contributed by atoms with van der Waals surface area (Å²) in [5.41, 5.74) is 3.94.